The van der Waals surface area contributed by atoms with Crippen LogP contribution in [0.4, 0.5) is 4.39 Å². The zero-order valence-corrected chi connectivity index (χ0v) is 19.1. The number of para-hydroxylation sites is 1. The van der Waals surface area contributed by atoms with Crippen molar-refractivity contribution in [2.24, 2.45) is 0 Å². The molecule has 4 aromatic rings. The largest absolute Gasteiger partial charge is 0.352 e. The van der Waals surface area contributed by atoms with Gasteiger partial charge in [-0.05, 0) is 53.9 Å². The van der Waals surface area contributed by atoms with Gasteiger partial charge in [0.2, 0.25) is 0 Å². The first-order valence-corrected chi connectivity index (χ1v) is 11.8. The van der Waals surface area contributed by atoms with E-state index < -0.39 is 0 Å². The number of carbonyl (C=O) groups is 1. The molecule has 4 rings (SSSR count). The Labute approximate surface area is 195 Å². The summed E-state index contributed by atoms with van der Waals surface area (Å²) in [7, 11) is 0. The minimum Gasteiger partial charge on any atom is -0.352 e. The molecule has 0 aliphatic carbocycles. The topological polar surface area (TPSA) is 64.0 Å². The van der Waals surface area contributed by atoms with Gasteiger partial charge in [-0.15, -0.1) is 0 Å². The van der Waals surface area contributed by atoms with Crippen LogP contribution >= 0.6 is 11.8 Å². The Kier molecular flexibility index (Phi) is 7.19. The lowest BCUT2D eigenvalue weighted by atomic mass is 10.1. The van der Waals surface area contributed by atoms with Crippen molar-refractivity contribution in [2.75, 3.05) is 6.54 Å². The van der Waals surface area contributed by atoms with Crippen LogP contribution in [0.25, 0.3) is 10.9 Å². The van der Waals surface area contributed by atoms with Gasteiger partial charge in [0.15, 0.2) is 5.16 Å². The highest BCUT2D eigenvalue weighted by atomic mass is 32.2. The van der Waals surface area contributed by atoms with Crippen LogP contribution in [0.5, 0.6) is 0 Å². The zero-order chi connectivity index (χ0) is 23.2. The van der Waals surface area contributed by atoms with Gasteiger partial charge in [-0.2, -0.15) is 0 Å². The summed E-state index contributed by atoms with van der Waals surface area (Å²) in [6.07, 6.45) is 0.873. The van der Waals surface area contributed by atoms with E-state index in [1.165, 1.54) is 23.9 Å². The lowest BCUT2D eigenvalue weighted by molar-refractivity contribution is 0.0953. The van der Waals surface area contributed by atoms with Crippen LogP contribution in [0.15, 0.2) is 82.7 Å². The van der Waals surface area contributed by atoms with E-state index >= 15 is 0 Å². The first-order chi connectivity index (χ1) is 16.0. The van der Waals surface area contributed by atoms with Crippen LogP contribution in [0, 0.1) is 5.82 Å². The number of nitrogens with one attached hydrogen (secondary N) is 1. The van der Waals surface area contributed by atoms with Gasteiger partial charge in [-0.3, -0.25) is 14.2 Å². The molecule has 0 saturated heterocycles. The van der Waals surface area contributed by atoms with E-state index in [-0.39, 0.29) is 17.3 Å². The standard InChI is InChI=1S/C26H24FN3O2S/c1-2-14-28-24(31)20-12-10-18(11-13-20)16-30-25(32)22-8-3-4-9-23(22)29-26(30)33-17-19-6-5-7-21(27)15-19/h3-13,15H,2,14,16-17H2,1H3,(H,28,31). The molecule has 0 atom stereocenters. The molecular formula is C26H24FN3O2S. The molecule has 0 radical (unpaired) electrons. The zero-order valence-electron chi connectivity index (χ0n) is 18.3. The molecule has 0 saturated carbocycles. The van der Waals surface area contributed by atoms with Gasteiger partial charge in [0.05, 0.1) is 17.4 Å². The molecule has 7 heteroatoms. The Hall–Kier alpha value is -3.45. The maximum absolute atomic E-state index is 13.6. The highest BCUT2D eigenvalue weighted by Gasteiger charge is 2.13. The molecule has 0 aliphatic heterocycles. The number of aromatic nitrogens is 2. The van der Waals surface area contributed by atoms with Crippen molar-refractivity contribution >= 4 is 28.6 Å². The van der Waals surface area contributed by atoms with Gasteiger partial charge in [-0.25, -0.2) is 9.37 Å². The molecule has 0 spiro atoms. The summed E-state index contributed by atoms with van der Waals surface area (Å²) < 4.78 is 15.2. The minimum atomic E-state index is -0.292. The van der Waals surface area contributed by atoms with Gasteiger partial charge in [0.25, 0.3) is 11.5 Å². The number of carbonyl (C=O) groups excluding carboxylic acids is 1. The third-order valence-electron chi connectivity index (χ3n) is 5.18. The summed E-state index contributed by atoms with van der Waals surface area (Å²) in [5, 5.41) is 3.97. The molecule has 1 heterocycles. The number of nitrogens with zero attached hydrogens (tertiary/aromatic N) is 2. The highest BCUT2D eigenvalue weighted by Crippen LogP contribution is 2.23. The molecule has 1 N–H and O–H groups in total. The predicted molar refractivity (Wildman–Crippen MR) is 130 cm³/mol. The summed E-state index contributed by atoms with van der Waals surface area (Å²) in [4.78, 5) is 30.2. The lowest BCUT2D eigenvalue weighted by Crippen LogP contribution is -2.25. The number of benzene rings is 3. The highest BCUT2D eigenvalue weighted by molar-refractivity contribution is 7.98. The first-order valence-electron chi connectivity index (χ1n) is 10.8. The van der Waals surface area contributed by atoms with Crippen molar-refractivity contribution in [3.8, 4) is 0 Å². The molecular weight excluding hydrogens is 437 g/mol. The molecule has 0 bridgehead atoms. The molecule has 5 nitrogen and oxygen atoms in total. The van der Waals surface area contributed by atoms with E-state index in [0.717, 1.165) is 17.5 Å². The van der Waals surface area contributed by atoms with Crippen molar-refractivity contribution in [1.82, 2.24) is 14.9 Å². The van der Waals surface area contributed by atoms with E-state index in [0.29, 0.717) is 40.5 Å². The molecule has 0 aliphatic rings. The average molecular weight is 462 g/mol. The summed E-state index contributed by atoms with van der Waals surface area (Å²) in [5.41, 5.74) is 2.78. The second kappa shape index (κ2) is 10.4. The van der Waals surface area contributed by atoms with Crippen molar-refractivity contribution in [2.45, 2.75) is 30.8 Å². The summed E-state index contributed by atoms with van der Waals surface area (Å²) >= 11 is 1.40. The van der Waals surface area contributed by atoms with E-state index in [9.17, 15) is 14.0 Å². The maximum atomic E-state index is 13.6. The van der Waals surface area contributed by atoms with Gasteiger partial charge >= 0.3 is 0 Å². The lowest BCUT2D eigenvalue weighted by Gasteiger charge is -2.14. The van der Waals surface area contributed by atoms with Gasteiger partial charge < -0.3 is 5.32 Å². The third kappa shape index (κ3) is 5.49. The van der Waals surface area contributed by atoms with E-state index in [2.05, 4.69) is 5.32 Å². The Morgan fingerprint density at radius 2 is 1.82 bits per heavy atom. The van der Waals surface area contributed by atoms with E-state index in [1.54, 1.807) is 28.8 Å². The number of thioether (sulfide) groups is 1. The molecule has 3 aromatic carbocycles. The Balaban J connectivity index is 1.64. The fourth-order valence-corrected chi connectivity index (χ4v) is 4.40. The number of amides is 1. The normalized spacial score (nSPS) is 11.0. The fraction of sp³-hybridized carbons (Fsp3) is 0.192. The van der Waals surface area contributed by atoms with E-state index in [4.69, 9.17) is 4.98 Å². The third-order valence-corrected chi connectivity index (χ3v) is 6.22. The van der Waals surface area contributed by atoms with Gasteiger partial charge in [-0.1, -0.05) is 55.1 Å². The predicted octanol–water partition coefficient (Wildman–Crippen LogP) is 5.02. The number of halogens is 1. The van der Waals surface area contributed by atoms with Crippen molar-refractivity contribution < 1.29 is 9.18 Å². The van der Waals surface area contributed by atoms with Crippen LogP contribution in [0.2, 0.25) is 0 Å². The van der Waals surface area contributed by atoms with E-state index in [1.807, 2.05) is 43.3 Å². The molecule has 1 amide bonds. The Morgan fingerprint density at radius 3 is 2.58 bits per heavy atom. The molecule has 168 valence electrons. The van der Waals surface area contributed by atoms with Crippen molar-refractivity contribution in [1.29, 1.82) is 0 Å². The van der Waals surface area contributed by atoms with Crippen LogP contribution < -0.4 is 10.9 Å². The maximum Gasteiger partial charge on any atom is 0.262 e. The average Bonchev–Trinajstić information content (AvgIpc) is 2.83. The number of rotatable bonds is 8. The second-order valence-corrected chi connectivity index (χ2v) is 8.62. The quantitative estimate of drug-likeness (QED) is 0.296. The van der Waals surface area contributed by atoms with Gasteiger partial charge in [0, 0.05) is 17.9 Å². The smallest absolute Gasteiger partial charge is 0.262 e. The van der Waals surface area contributed by atoms with Crippen molar-refractivity contribution in [3.63, 3.8) is 0 Å². The second-order valence-electron chi connectivity index (χ2n) is 7.67. The monoisotopic (exact) mass is 461 g/mol. The van der Waals surface area contributed by atoms with Crippen molar-refractivity contribution in [3.05, 3.63) is 106 Å². The summed E-state index contributed by atoms with van der Waals surface area (Å²) in [5.74, 6) is 0.0818. The SMILES string of the molecule is CCCNC(=O)c1ccc(Cn2c(SCc3cccc(F)c3)nc3ccccc3c2=O)cc1. The van der Waals surface area contributed by atoms with Crippen LogP contribution in [0.3, 0.4) is 0 Å². The van der Waals surface area contributed by atoms with Crippen LogP contribution in [-0.2, 0) is 12.3 Å². The number of fused-ring (bicyclic) bond motifs is 1. The molecule has 0 unspecified atom stereocenters. The Bertz CT molecular complexity index is 1340. The Morgan fingerprint density at radius 1 is 1.03 bits per heavy atom. The molecule has 33 heavy (non-hydrogen) atoms. The molecule has 1 aromatic heterocycles. The van der Waals surface area contributed by atoms with Crippen LogP contribution in [-0.4, -0.2) is 22.0 Å². The van der Waals surface area contributed by atoms with Gasteiger partial charge in [0.1, 0.15) is 5.82 Å². The first kappa shape index (κ1) is 22.7. The number of hydrogen-bond donors (Lipinski definition) is 1. The minimum absolute atomic E-state index is 0.112. The number of hydrogen-bond acceptors (Lipinski definition) is 4. The summed E-state index contributed by atoms with van der Waals surface area (Å²) in [6.45, 7) is 2.95. The fourth-order valence-electron chi connectivity index (χ4n) is 3.46. The summed E-state index contributed by atoms with van der Waals surface area (Å²) in [6, 6.07) is 20.9. The van der Waals surface area contributed by atoms with Crippen LogP contribution in [0.1, 0.15) is 34.8 Å². The molecule has 0 fully saturated rings.